The van der Waals surface area contributed by atoms with Crippen molar-refractivity contribution in [1.29, 1.82) is 0 Å². The topological polar surface area (TPSA) is 50.6 Å². The summed E-state index contributed by atoms with van der Waals surface area (Å²) in [6.45, 7) is 2.75. The van der Waals surface area contributed by atoms with Gasteiger partial charge in [0.2, 0.25) is 5.91 Å². The van der Waals surface area contributed by atoms with Crippen LogP contribution in [0.15, 0.2) is 36.5 Å². The van der Waals surface area contributed by atoms with Gasteiger partial charge in [-0.2, -0.15) is 5.10 Å². The molecule has 1 aromatic heterocycles. The van der Waals surface area contributed by atoms with Crippen LogP contribution >= 0.6 is 0 Å². The molecule has 2 aliphatic heterocycles. The molecule has 6 nitrogen and oxygen atoms in total. The van der Waals surface area contributed by atoms with Gasteiger partial charge in [-0.1, -0.05) is 31.0 Å². The lowest BCUT2D eigenvalue weighted by atomic mass is 9.84. The standard InChI is InChI=1S/C24H32N4O2/c1-26(20-7-5-6-8-20)18-22(29)27-14-12-24(13-15-27)23-19(11-16-30-24)17-28(25-23)21-9-3-2-4-10-21/h2-4,9-10,17,20H,5-8,11-16,18H2,1H3. The normalized spacial score (nSPS) is 21.3. The van der Waals surface area contributed by atoms with E-state index in [0.717, 1.165) is 50.3 Å². The van der Waals surface area contributed by atoms with E-state index in [-0.39, 0.29) is 11.5 Å². The van der Waals surface area contributed by atoms with Crippen molar-refractivity contribution >= 4 is 5.91 Å². The third-order valence-electron chi connectivity index (χ3n) is 7.25. The number of carbonyl (C=O) groups excluding carboxylic acids is 1. The third kappa shape index (κ3) is 3.67. The summed E-state index contributed by atoms with van der Waals surface area (Å²) in [5.41, 5.74) is 3.09. The Hall–Kier alpha value is -2.18. The zero-order chi connectivity index (χ0) is 20.6. The van der Waals surface area contributed by atoms with Crippen LogP contribution in [-0.2, 0) is 21.6 Å². The lowest BCUT2D eigenvalue weighted by Crippen LogP contribution is -2.51. The Morgan fingerprint density at radius 1 is 1.20 bits per heavy atom. The van der Waals surface area contributed by atoms with Crippen LogP contribution in [0.1, 0.15) is 49.8 Å². The van der Waals surface area contributed by atoms with Crippen molar-refractivity contribution in [3.63, 3.8) is 0 Å². The molecule has 1 amide bonds. The smallest absolute Gasteiger partial charge is 0.236 e. The average Bonchev–Trinajstić information content (AvgIpc) is 3.46. The number of ether oxygens (including phenoxy) is 1. The first-order valence-corrected chi connectivity index (χ1v) is 11.4. The van der Waals surface area contributed by atoms with E-state index in [1.165, 1.54) is 31.2 Å². The van der Waals surface area contributed by atoms with Gasteiger partial charge >= 0.3 is 0 Å². The zero-order valence-electron chi connectivity index (χ0n) is 17.9. The minimum Gasteiger partial charge on any atom is -0.368 e. The molecule has 30 heavy (non-hydrogen) atoms. The van der Waals surface area contributed by atoms with Crippen molar-refractivity contribution in [2.45, 2.75) is 56.6 Å². The Morgan fingerprint density at radius 3 is 2.67 bits per heavy atom. The molecular weight excluding hydrogens is 376 g/mol. The quantitative estimate of drug-likeness (QED) is 0.780. The summed E-state index contributed by atoms with van der Waals surface area (Å²) in [7, 11) is 2.10. The lowest BCUT2D eigenvalue weighted by molar-refractivity contribution is -0.142. The van der Waals surface area contributed by atoms with E-state index in [0.29, 0.717) is 12.6 Å². The van der Waals surface area contributed by atoms with Crippen LogP contribution in [0.4, 0.5) is 0 Å². The fourth-order valence-electron chi connectivity index (χ4n) is 5.40. The van der Waals surface area contributed by atoms with Gasteiger partial charge in [-0.25, -0.2) is 4.68 Å². The molecule has 6 heteroatoms. The maximum absolute atomic E-state index is 12.9. The van der Waals surface area contributed by atoms with E-state index < -0.39 is 0 Å². The molecule has 1 spiro atoms. The number of rotatable bonds is 4. The lowest BCUT2D eigenvalue weighted by Gasteiger charge is -2.43. The number of fused-ring (bicyclic) bond motifs is 2. The van der Waals surface area contributed by atoms with Crippen LogP contribution in [0.5, 0.6) is 0 Å². The molecular formula is C24H32N4O2. The fraction of sp³-hybridized carbons (Fsp3) is 0.583. The van der Waals surface area contributed by atoms with Gasteiger partial charge in [0.1, 0.15) is 5.60 Å². The number of benzene rings is 1. The Balaban J connectivity index is 1.27. The number of para-hydroxylation sites is 1. The minimum atomic E-state index is -0.345. The number of piperidine rings is 1. The van der Waals surface area contributed by atoms with E-state index in [4.69, 9.17) is 9.84 Å². The monoisotopic (exact) mass is 408 g/mol. The molecule has 1 aromatic carbocycles. The Morgan fingerprint density at radius 2 is 1.93 bits per heavy atom. The van der Waals surface area contributed by atoms with Crippen molar-refractivity contribution in [2.24, 2.45) is 0 Å². The molecule has 2 fully saturated rings. The molecule has 1 aliphatic carbocycles. The first kappa shape index (κ1) is 19.8. The average molecular weight is 409 g/mol. The second kappa shape index (κ2) is 8.16. The molecule has 0 bridgehead atoms. The van der Waals surface area contributed by atoms with Gasteiger partial charge in [-0.3, -0.25) is 9.69 Å². The number of carbonyl (C=O) groups is 1. The SMILES string of the molecule is CN(CC(=O)N1CCC2(CC1)OCCc1cn(-c3ccccc3)nc12)C1CCCC1. The van der Waals surface area contributed by atoms with Gasteiger partial charge in [0, 0.05) is 25.3 Å². The predicted octanol–water partition coefficient (Wildman–Crippen LogP) is 3.14. The molecule has 0 atom stereocenters. The third-order valence-corrected chi connectivity index (χ3v) is 7.25. The summed E-state index contributed by atoms with van der Waals surface area (Å²) in [5, 5.41) is 4.95. The maximum Gasteiger partial charge on any atom is 0.236 e. The zero-order valence-corrected chi connectivity index (χ0v) is 17.9. The molecule has 0 radical (unpaired) electrons. The number of hydrogen-bond donors (Lipinski definition) is 0. The Labute approximate surface area is 178 Å². The summed E-state index contributed by atoms with van der Waals surface area (Å²) in [5.74, 6) is 0.255. The molecule has 5 rings (SSSR count). The number of nitrogens with zero attached hydrogens (tertiary/aromatic N) is 4. The first-order chi connectivity index (χ1) is 14.6. The van der Waals surface area contributed by atoms with Gasteiger partial charge in [0.05, 0.1) is 24.5 Å². The summed E-state index contributed by atoms with van der Waals surface area (Å²) in [4.78, 5) is 17.2. The van der Waals surface area contributed by atoms with Gasteiger partial charge < -0.3 is 9.64 Å². The van der Waals surface area contributed by atoms with Gasteiger partial charge in [-0.05, 0) is 56.8 Å². The molecule has 0 unspecified atom stereocenters. The second-order valence-electron chi connectivity index (χ2n) is 9.11. The summed E-state index contributed by atoms with van der Waals surface area (Å²) in [6.07, 6.45) is 9.76. The van der Waals surface area contributed by atoms with Gasteiger partial charge in [-0.15, -0.1) is 0 Å². The number of hydrogen-bond acceptors (Lipinski definition) is 4. The van der Waals surface area contributed by atoms with Crippen LogP contribution in [0.25, 0.3) is 5.69 Å². The van der Waals surface area contributed by atoms with Gasteiger partial charge in [0.25, 0.3) is 0 Å². The Bertz CT molecular complexity index is 880. The van der Waals surface area contributed by atoms with Crippen LogP contribution in [-0.4, -0.2) is 64.8 Å². The summed E-state index contributed by atoms with van der Waals surface area (Å²) < 4.78 is 8.33. The van der Waals surface area contributed by atoms with Crippen LogP contribution < -0.4 is 0 Å². The van der Waals surface area contributed by atoms with Crippen LogP contribution in [0, 0.1) is 0 Å². The molecule has 2 aromatic rings. The highest BCUT2D eigenvalue weighted by Crippen LogP contribution is 2.41. The van der Waals surface area contributed by atoms with Crippen molar-refractivity contribution < 1.29 is 9.53 Å². The van der Waals surface area contributed by atoms with Gasteiger partial charge in [0.15, 0.2) is 0 Å². The van der Waals surface area contributed by atoms with Crippen LogP contribution in [0.2, 0.25) is 0 Å². The summed E-state index contributed by atoms with van der Waals surface area (Å²) >= 11 is 0. The maximum atomic E-state index is 12.9. The number of likely N-dealkylation sites (tertiary alicyclic amines) is 1. The number of aromatic nitrogens is 2. The van der Waals surface area contributed by atoms with Crippen molar-refractivity contribution in [3.8, 4) is 5.69 Å². The highest BCUT2D eigenvalue weighted by molar-refractivity contribution is 5.78. The molecule has 3 heterocycles. The second-order valence-corrected chi connectivity index (χ2v) is 9.11. The van der Waals surface area contributed by atoms with Crippen molar-refractivity contribution in [3.05, 3.63) is 47.8 Å². The molecule has 1 saturated carbocycles. The minimum absolute atomic E-state index is 0.255. The fourth-order valence-corrected chi connectivity index (χ4v) is 5.40. The first-order valence-electron chi connectivity index (χ1n) is 11.4. The van der Waals surface area contributed by atoms with E-state index in [9.17, 15) is 4.79 Å². The highest BCUT2D eigenvalue weighted by atomic mass is 16.5. The molecule has 3 aliphatic rings. The van der Waals surface area contributed by atoms with E-state index in [1.807, 2.05) is 27.8 Å². The van der Waals surface area contributed by atoms with Crippen LogP contribution in [0.3, 0.4) is 0 Å². The van der Waals surface area contributed by atoms with E-state index in [1.54, 1.807) is 0 Å². The summed E-state index contributed by atoms with van der Waals surface area (Å²) in [6, 6.07) is 10.8. The molecule has 1 saturated heterocycles. The molecule has 0 N–H and O–H groups in total. The number of amides is 1. The van der Waals surface area contributed by atoms with Crippen molar-refractivity contribution in [1.82, 2.24) is 19.6 Å². The van der Waals surface area contributed by atoms with E-state index >= 15 is 0 Å². The highest BCUT2D eigenvalue weighted by Gasteiger charge is 2.44. The molecule has 160 valence electrons. The largest absolute Gasteiger partial charge is 0.368 e. The Kier molecular flexibility index (Phi) is 5.37. The van der Waals surface area contributed by atoms with Crippen molar-refractivity contribution in [2.75, 3.05) is 33.3 Å². The predicted molar refractivity (Wildman–Crippen MR) is 116 cm³/mol. The number of likely N-dealkylation sites (N-methyl/N-ethyl adjacent to an activating group) is 1. The van der Waals surface area contributed by atoms with E-state index in [2.05, 4.69) is 30.3 Å².